The van der Waals surface area contributed by atoms with Crippen LogP contribution in [0.25, 0.3) is 0 Å². The maximum Gasteiger partial charge on any atom is 0.218 e. The third-order valence-electron chi connectivity index (χ3n) is 3.02. The van der Waals surface area contributed by atoms with E-state index >= 15 is 0 Å². The first-order chi connectivity index (χ1) is 8.33. The molecule has 0 bridgehead atoms. The summed E-state index contributed by atoms with van der Waals surface area (Å²) in [6.45, 7) is 5.79. The number of nitrogens with one attached hydrogen (secondary N) is 1. The van der Waals surface area contributed by atoms with Crippen LogP contribution < -0.4 is 15.0 Å². The van der Waals surface area contributed by atoms with Crippen LogP contribution in [0.15, 0.2) is 12.4 Å². The molecule has 17 heavy (non-hydrogen) atoms. The summed E-state index contributed by atoms with van der Waals surface area (Å²) in [4.78, 5) is 10.7. The second kappa shape index (κ2) is 5.82. The number of anilines is 1. The molecule has 2 rings (SSSR count). The van der Waals surface area contributed by atoms with Gasteiger partial charge in [0.2, 0.25) is 5.88 Å². The minimum atomic E-state index is 0.638. The quantitative estimate of drug-likeness (QED) is 0.824. The lowest BCUT2D eigenvalue weighted by Crippen LogP contribution is -2.24. The highest BCUT2D eigenvalue weighted by Crippen LogP contribution is 2.23. The zero-order valence-corrected chi connectivity index (χ0v) is 10.5. The van der Waals surface area contributed by atoms with E-state index in [0.717, 1.165) is 25.5 Å². The van der Waals surface area contributed by atoms with Crippen LogP contribution in [0.3, 0.4) is 0 Å². The molecule has 1 fully saturated rings. The average Bonchev–Trinajstić information content (AvgIpc) is 2.79. The van der Waals surface area contributed by atoms with Gasteiger partial charge in [-0.3, -0.25) is 0 Å². The molecule has 1 aromatic heterocycles. The van der Waals surface area contributed by atoms with Gasteiger partial charge in [-0.2, -0.15) is 0 Å². The Kier molecular flexibility index (Phi) is 4.14. The monoisotopic (exact) mass is 236 g/mol. The van der Waals surface area contributed by atoms with Crippen LogP contribution in [-0.4, -0.2) is 43.3 Å². The molecular weight excluding hydrogens is 216 g/mol. The third kappa shape index (κ3) is 3.06. The first-order valence-electron chi connectivity index (χ1n) is 6.18. The van der Waals surface area contributed by atoms with E-state index in [1.54, 1.807) is 6.33 Å². The number of nitrogens with zero attached hydrogens (tertiary/aromatic N) is 3. The summed E-state index contributed by atoms with van der Waals surface area (Å²) in [5.74, 6) is 2.35. The smallest absolute Gasteiger partial charge is 0.218 e. The van der Waals surface area contributed by atoms with E-state index in [2.05, 4.69) is 20.2 Å². The van der Waals surface area contributed by atoms with Crippen LogP contribution in [0.1, 0.15) is 13.3 Å². The van der Waals surface area contributed by atoms with Gasteiger partial charge in [0.1, 0.15) is 12.1 Å². The zero-order valence-electron chi connectivity index (χ0n) is 10.5. The van der Waals surface area contributed by atoms with Crippen molar-refractivity contribution in [3.8, 4) is 5.88 Å². The molecule has 0 amide bonds. The van der Waals surface area contributed by atoms with Crippen LogP contribution in [0.2, 0.25) is 0 Å². The van der Waals surface area contributed by atoms with E-state index in [1.807, 2.05) is 20.0 Å². The van der Waals surface area contributed by atoms with E-state index < -0.39 is 0 Å². The minimum Gasteiger partial charge on any atom is -0.478 e. The van der Waals surface area contributed by atoms with Crippen LogP contribution in [0.5, 0.6) is 5.88 Å². The number of ether oxygens (including phenoxy) is 1. The number of hydrogen-bond donors (Lipinski definition) is 1. The molecule has 1 atom stereocenters. The Morgan fingerprint density at radius 1 is 1.53 bits per heavy atom. The fourth-order valence-corrected chi connectivity index (χ4v) is 2.23. The van der Waals surface area contributed by atoms with E-state index in [-0.39, 0.29) is 0 Å². The molecule has 94 valence electrons. The number of aromatic nitrogens is 2. The van der Waals surface area contributed by atoms with Gasteiger partial charge in [-0.25, -0.2) is 9.97 Å². The predicted octanol–water partition coefficient (Wildman–Crippen LogP) is 0.921. The van der Waals surface area contributed by atoms with Crippen molar-refractivity contribution >= 4 is 5.82 Å². The Balaban J connectivity index is 2.00. The van der Waals surface area contributed by atoms with Crippen LogP contribution >= 0.6 is 0 Å². The van der Waals surface area contributed by atoms with Crippen molar-refractivity contribution in [2.75, 3.05) is 38.2 Å². The highest BCUT2D eigenvalue weighted by atomic mass is 16.5. The number of hydrogen-bond acceptors (Lipinski definition) is 5. The second-order valence-electron chi connectivity index (χ2n) is 4.31. The Bertz CT molecular complexity index is 358. The van der Waals surface area contributed by atoms with Crippen LogP contribution in [0, 0.1) is 5.92 Å². The highest BCUT2D eigenvalue weighted by molar-refractivity contribution is 5.41. The molecule has 2 heterocycles. The Morgan fingerprint density at radius 3 is 3.18 bits per heavy atom. The molecule has 1 saturated heterocycles. The molecule has 5 heteroatoms. The lowest BCUT2D eigenvalue weighted by molar-refractivity contribution is 0.326. The summed E-state index contributed by atoms with van der Waals surface area (Å²) in [5, 5.41) is 3.23. The van der Waals surface area contributed by atoms with Gasteiger partial charge >= 0.3 is 0 Å². The first-order valence-corrected chi connectivity index (χ1v) is 6.18. The maximum atomic E-state index is 5.39. The lowest BCUT2D eigenvalue weighted by Gasteiger charge is -2.17. The van der Waals surface area contributed by atoms with E-state index in [1.165, 1.54) is 6.42 Å². The molecule has 1 aliphatic heterocycles. The van der Waals surface area contributed by atoms with Crippen molar-refractivity contribution < 1.29 is 4.74 Å². The van der Waals surface area contributed by atoms with E-state index in [4.69, 9.17) is 4.74 Å². The van der Waals surface area contributed by atoms with Gasteiger partial charge in [-0.05, 0) is 32.9 Å². The Hall–Kier alpha value is -1.36. The topological polar surface area (TPSA) is 50.3 Å². The highest BCUT2D eigenvalue weighted by Gasteiger charge is 2.23. The summed E-state index contributed by atoms with van der Waals surface area (Å²) < 4.78 is 5.39. The second-order valence-corrected chi connectivity index (χ2v) is 4.31. The van der Waals surface area contributed by atoms with E-state index in [0.29, 0.717) is 18.4 Å². The van der Waals surface area contributed by atoms with Gasteiger partial charge in [-0.1, -0.05) is 0 Å². The van der Waals surface area contributed by atoms with Crippen molar-refractivity contribution in [1.29, 1.82) is 0 Å². The van der Waals surface area contributed by atoms with Crippen molar-refractivity contribution in [3.63, 3.8) is 0 Å². The third-order valence-corrected chi connectivity index (χ3v) is 3.02. The summed E-state index contributed by atoms with van der Waals surface area (Å²) in [7, 11) is 2.00. The van der Waals surface area contributed by atoms with Crippen molar-refractivity contribution in [3.05, 3.63) is 12.4 Å². The van der Waals surface area contributed by atoms with Crippen LogP contribution in [-0.2, 0) is 0 Å². The average molecular weight is 236 g/mol. The van der Waals surface area contributed by atoms with Gasteiger partial charge in [0.05, 0.1) is 6.61 Å². The van der Waals surface area contributed by atoms with Crippen LogP contribution in [0.4, 0.5) is 5.82 Å². The molecule has 5 nitrogen and oxygen atoms in total. The van der Waals surface area contributed by atoms with E-state index in [9.17, 15) is 0 Å². The Labute approximate surface area is 102 Å². The number of rotatable bonds is 5. The van der Waals surface area contributed by atoms with Gasteiger partial charge < -0.3 is 15.0 Å². The minimum absolute atomic E-state index is 0.638. The summed E-state index contributed by atoms with van der Waals surface area (Å²) in [6, 6.07) is 1.92. The molecule has 0 aromatic carbocycles. The molecule has 1 unspecified atom stereocenters. The molecule has 0 aliphatic carbocycles. The summed E-state index contributed by atoms with van der Waals surface area (Å²) >= 11 is 0. The fourth-order valence-electron chi connectivity index (χ4n) is 2.23. The molecule has 0 saturated carbocycles. The predicted molar refractivity (Wildman–Crippen MR) is 67.4 cm³/mol. The van der Waals surface area contributed by atoms with Crippen molar-refractivity contribution in [1.82, 2.24) is 15.3 Å². The molecule has 1 N–H and O–H groups in total. The Morgan fingerprint density at radius 2 is 2.41 bits per heavy atom. The zero-order chi connectivity index (χ0) is 12.1. The molecular formula is C12H20N4O. The molecule has 1 aliphatic rings. The van der Waals surface area contributed by atoms with Crippen molar-refractivity contribution in [2.45, 2.75) is 13.3 Å². The largest absolute Gasteiger partial charge is 0.478 e. The van der Waals surface area contributed by atoms with Gasteiger partial charge in [-0.15, -0.1) is 0 Å². The standard InChI is InChI=1S/C12H20N4O/c1-3-17-12-6-11(14-9-15-12)16-5-4-10(8-16)7-13-2/h6,9-10,13H,3-5,7-8H2,1-2H3. The normalized spacial score (nSPS) is 19.6. The summed E-state index contributed by atoms with van der Waals surface area (Å²) in [6.07, 6.45) is 2.79. The van der Waals surface area contributed by atoms with Gasteiger partial charge in [0.25, 0.3) is 0 Å². The molecule has 1 aromatic rings. The van der Waals surface area contributed by atoms with Crippen molar-refractivity contribution in [2.24, 2.45) is 5.92 Å². The SMILES string of the molecule is CCOc1cc(N2CCC(CNC)C2)ncn1. The lowest BCUT2D eigenvalue weighted by atomic mass is 10.1. The summed E-state index contributed by atoms with van der Waals surface area (Å²) in [5.41, 5.74) is 0. The van der Waals surface area contributed by atoms with Gasteiger partial charge in [0.15, 0.2) is 0 Å². The molecule has 0 radical (unpaired) electrons. The van der Waals surface area contributed by atoms with Gasteiger partial charge in [0, 0.05) is 19.2 Å². The fraction of sp³-hybridized carbons (Fsp3) is 0.667. The maximum absolute atomic E-state index is 5.39. The molecule has 0 spiro atoms. The first kappa shape index (κ1) is 12.1.